The van der Waals surface area contributed by atoms with Crippen LogP contribution in [0.15, 0.2) is 6.20 Å². The van der Waals surface area contributed by atoms with Crippen LogP contribution in [0.2, 0.25) is 0 Å². The number of nitrogens with zero attached hydrogens (tertiary/aromatic N) is 2. The molecule has 1 unspecified atom stereocenters. The van der Waals surface area contributed by atoms with Crippen molar-refractivity contribution in [3.05, 3.63) is 15.6 Å². The topological polar surface area (TPSA) is 47.0 Å². The van der Waals surface area contributed by atoms with Gasteiger partial charge in [-0.3, -0.25) is 0 Å². The Kier molecular flexibility index (Phi) is 5.24. The number of nitrogens with one attached hydrogen (secondary N) is 1. The molecule has 0 amide bonds. The summed E-state index contributed by atoms with van der Waals surface area (Å²) in [7, 11) is 1.70. The minimum atomic E-state index is 0.152. The first-order chi connectivity index (χ1) is 7.17. The average Bonchev–Trinajstić information content (AvgIpc) is 2.23. The van der Waals surface area contributed by atoms with Gasteiger partial charge in [-0.15, -0.1) is 0 Å². The molecule has 0 bridgehead atoms. The van der Waals surface area contributed by atoms with Gasteiger partial charge in [-0.2, -0.15) is 0 Å². The molecule has 1 rings (SSSR count). The van der Waals surface area contributed by atoms with Crippen LogP contribution in [-0.4, -0.2) is 29.7 Å². The van der Waals surface area contributed by atoms with Crippen LogP contribution in [0.1, 0.15) is 19.7 Å². The number of aromatic nitrogens is 2. The van der Waals surface area contributed by atoms with Crippen molar-refractivity contribution in [1.29, 1.82) is 0 Å². The molecule has 0 spiro atoms. The zero-order valence-electron chi connectivity index (χ0n) is 9.25. The van der Waals surface area contributed by atoms with E-state index in [-0.39, 0.29) is 6.10 Å². The molecule has 0 aliphatic rings. The molecule has 0 radical (unpaired) electrons. The standard InChI is InChI=1S/C10H16IN3O/c1-4-12-10-8(11)6-13-9(14-10)5-7(2)15-3/h6-7H,4-5H2,1-3H3,(H,12,13,14). The summed E-state index contributed by atoms with van der Waals surface area (Å²) in [4.78, 5) is 8.71. The number of halogens is 1. The largest absolute Gasteiger partial charge is 0.381 e. The van der Waals surface area contributed by atoms with Crippen molar-refractivity contribution in [2.24, 2.45) is 0 Å². The second-order valence-electron chi connectivity index (χ2n) is 3.26. The third kappa shape index (κ3) is 3.90. The SMILES string of the molecule is CCNc1nc(CC(C)OC)ncc1I. The Morgan fingerprint density at radius 3 is 2.93 bits per heavy atom. The normalized spacial score (nSPS) is 12.5. The number of methoxy groups -OCH3 is 1. The summed E-state index contributed by atoms with van der Waals surface area (Å²) in [6, 6.07) is 0. The molecular weight excluding hydrogens is 305 g/mol. The van der Waals surface area contributed by atoms with Gasteiger partial charge in [0, 0.05) is 26.3 Å². The molecule has 1 atom stereocenters. The Labute approximate surface area is 104 Å². The van der Waals surface area contributed by atoms with E-state index >= 15 is 0 Å². The first-order valence-electron chi connectivity index (χ1n) is 4.95. The predicted octanol–water partition coefficient (Wildman–Crippen LogP) is 2.09. The Balaban J connectivity index is 2.77. The molecule has 1 aromatic rings. The lowest BCUT2D eigenvalue weighted by atomic mass is 10.2. The number of rotatable bonds is 5. The summed E-state index contributed by atoms with van der Waals surface area (Å²) >= 11 is 2.22. The monoisotopic (exact) mass is 321 g/mol. The van der Waals surface area contributed by atoms with E-state index in [0.717, 1.165) is 28.2 Å². The highest BCUT2D eigenvalue weighted by atomic mass is 127. The van der Waals surface area contributed by atoms with E-state index in [0.29, 0.717) is 0 Å². The highest BCUT2D eigenvalue weighted by molar-refractivity contribution is 14.1. The van der Waals surface area contributed by atoms with Crippen LogP contribution in [0.25, 0.3) is 0 Å². The van der Waals surface area contributed by atoms with E-state index in [4.69, 9.17) is 4.74 Å². The zero-order chi connectivity index (χ0) is 11.3. The maximum Gasteiger partial charge on any atom is 0.143 e. The van der Waals surface area contributed by atoms with Crippen LogP contribution < -0.4 is 5.32 Å². The fourth-order valence-corrected chi connectivity index (χ4v) is 1.58. The lowest BCUT2D eigenvalue weighted by Crippen LogP contribution is -2.13. The summed E-state index contributed by atoms with van der Waals surface area (Å²) in [5.74, 6) is 1.73. The molecule has 0 fully saturated rings. The number of ether oxygens (including phenoxy) is 1. The van der Waals surface area contributed by atoms with Crippen molar-refractivity contribution in [3.8, 4) is 0 Å². The van der Waals surface area contributed by atoms with Gasteiger partial charge in [0.1, 0.15) is 11.6 Å². The molecule has 15 heavy (non-hydrogen) atoms. The second kappa shape index (κ2) is 6.22. The van der Waals surface area contributed by atoms with Gasteiger partial charge < -0.3 is 10.1 Å². The first kappa shape index (κ1) is 12.6. The predicted molar refractivity (Wildman–Crippen MR) is 69.1 cm³/mol. The van der Waals surface area contributed by atoms with Gasteiger partial charge in [0.2, 0.25) is 0 Å². The Bertz CT molecular complexity index is 320. The van der Waals surface area contributed by atoms with Crippen molar-refractivity contribution in [2.75, 3.05) is 19.0 Å². The van der Waals surface area contributed by atoms with Crippen molar-refractivity contribution < 1.29 is 4.74 Å². The lowest BCUT2D eigenvalue weighted by molar-refractivity contribution is 0.117. The third-order valence-corrected chi connectivity index (χ3v) is 2.80. The van der Waals surface area contributed by atoms with Crippen LogP contribution in [0.5, 0.6) is 0 Å². The van der Waals surface area contributed by atoms with Gasteiger partial charge in [-0.05, 0) is 36.4 Å². The van der Waals surface area contributed by atoms with E-state index in [9.17, 15) is 0 Å². The van der Waals surface area contributed by atoms with E-state index in [1.165, 1.54) is 0 Å². The molecule has 0 saturated carbocycles. The molecule has 0 saturated heterocycles. The molecule has 0 aliphatic carbocycles. The van der Waals surface area contributed by atoms with E-state index < -0.39 is 0 Å². The fourth-order valence-electron chi connectivity index (χ4n) is 1.13. The molecular formula is C10H16IN3O. The third-order valence-electron chi connectivity index (χ3n) is 2.01. The molecule has 0 aromatic carbocycles. The van der Waals surface area contributed by atoms with Gasteiger partial charge in [0.25, 0.3) is 0 Å². The van der Waals surface area contributed by atoms with Crippen LogP contribution in [-0.2, 0) is 11.2 Å². The van der Waals surface area contributed by atoms with Gasteiger partial charge in [-0.1, -0.05) is 0 Å². The molecule has 4 nitrogen and oxygen atoms in total. The molecule has 84 valence electrons. The minimum absolute atomic E-state index is 0.152. The zero-order valence-corrected chi connectivity index (χ0v) is 11.4. The number of anilines is 1. The molecule has 1 aromatic heterocycles. The van der Waals surface area contributed by atoms with Crippen molar-refractivity contribution in [3.63, 3.8) is 0 Å². The van der Waals surface area contributed by atoms with Crippen molar-refractivity contribution in [2.45, 2.75) is 26.4 Å². The number of hydrogen-bond donors (Lipinski definition) is 1. The highest BCUT2D eigenvalue weighted by Crippen LogP contribution is 2.14. The van der Waals surface area contributed by atoms with Crippen LogP contribution in [0, 0.1) is 3.57 Å². The van der Waals surface area contributed by atoms with Gasteiger partial charge in [-0.25, -0.2) is 9.97 Å². The smallest absolute Gasteiger partial charge is 0.143 e. The molecule has 1 N–H and O–H groups in total. The Morgan fingerprint density at radius 1 is 1.60 bits per heavy atom. The quantitative estimate of drug-likeness (QED) is 0.844. The van der Waals surface area contributed by atoms with Gasteiger partial charge >= 0.3 is 0 Å². The maximum absolute atomic E-state index is 5.18. The summed E-state index contributed by atoms with van der Waals surface area (Å²) in [5, 5.41) is 3.21. The van der Waals surface area contributed by atoms with E-state index in [1.807, 2.05) is 13.1 Å². The minimum Gasteiger partial charge on any atom is -0.381 e. The van der Waals surface area contributed by atoms with Gasteiger partial charge in [0.15, 0.2) is 0 Å². The van der Waals surface area contributed by atoms with Crippen LogP contribution in [0.4, 0.5) is 5.82 Å². The Morgan fingerprint density at radius 2 is 2.33 bits per heavy atom. The molecule has 1 heterocycles. The van der Waals surface area contributed by atoms with Gasteiger partial charge in [0.05, 0.1) is 9.67 Å². The van der Waals surface area contributed by atoms with Crippen molar-refractivity contribution in [1.82, 2.24) is 9.97 Å². The molecule has 5 heteroatoms. The van der Waals surface area contributed by atoms with Crippen LogP contribution in [0.3, 0.4) is 0 Å². The summed E-state index contributed by atoms with van der Waals surface area (Å²) in [6.07, 6.45) is 2.73. The van der Waals surface area contributed by atoms with Crippen LogP contribution >= 0.6 is 22.6 Å². The average molecular weight is 321 g/mol. The second-order valence-corrected chi connectivity index (χ2v) is 4.43. The summed E-state index contributed by atoms with van der Waals surface area (Å²) in [5.41, 5.74) is 0. The highest BCUT2D eigenvalue weighted by Gasteiger charge is 2.07. The van der Waals surface area contributed by atoms with E-state index in [2.05, 4.69) is 44.8 Å². The number of hydrogen-bond acceptors (Lipinski definition) is 4. The first-order valence-corrected chi connectivity index (χ1v) is 6.03. The molecule has 0 aliphatic heterocycles. The Hall–Kier alpha value is -0.430. The van der Waals surface area contributed by atoms with E-state index in [1.54, 1.807) is 7.11 Å². The maximum atomic E-state index is 5.18. The fraction of sp³-hybridized carbons (Fsp3) is 0.600. The summed E-state index contributed by atoms with van der Waals surface area (Å²) in [6.45, 7) is 4.93. The lowest BCUT2D eigenvalue weighted by Gasteiger charge is -2.10. The summed E-state index contributed by atoms with van der Waals surface area (Å²) < 4.78 is 6.23. The van der Waals surface area contributed by atoms with Crippen molar-refractivity contribution >= 4 is 28.4 Å².